The maximum atomic E-state index is 11.4. The fourth-order valence-electron chi connectivity index (χ4n) is 1.77. The molecule has 1 aliphatic heterocycles. The number of likely N-dealkylation sites (tertiary alicyclic amines) is 1. The second-order valence-corrected chi connectivity index (χ2v) is 3.54. The molecule has 0 radical (unpaired) electrons. The Hall–Kier alpha value is -0.830. The summed E-state index contributed by atoms with van der Waals surface area (Å²) in [7, 11) is 1.95. The molecule has 0 aromatic rings. The third kappa shape index (κ3) is 2.84. The van der Waals surface area contributed by atoms with E-state index in [2.05, 4.69) is 11.9 Å². The van der Waals surface area contributed by atoms with Crippen molar-refractivity contribution >= 4 is 5.91 Å². The number of hydrogen-bond acceptors (Lipinski definition) is 2. The van der Waals surface area contributed by atoms with Gasteiger partial charge in [-0.25, -0.2) is 0 Å². The summed E-state index contributed by atoms with van der Waals surface area (Å²) in [6.45, 7) is 6.41. The zero-order valence-corrected chi connectivity index (χ0v) is 8.25. The van der Waals surface area contributed by atoms with E-state index in [0.29, 0.717) is 12.3 Å². The van der Waals surface area contributed by atoms with Crippen LogP contribution >= 0.6 is 0 Å². The first-order chi connectivity index (χ1) is 6.27. The van der Waals surface area contributed by atoms with Gasteiger partial charge in [-0.1, -0.05) is 6.08 Å². The maximum absolute atomic E-state index is 11.4. The van der Waals surface area contributed by atoms with E-state index in [9.17, 15) is 4.79 Å². The molecule has 0 saturated carbocycles. The molecule has 1 fully saturated rings. The summed E-state index contributed by atoms with van der Waals surface area (Å²) in [5.74, 6) is 0.854. The molecule has 3 nitrogen and oxygen atoms in total. The van der Waals surface area contributed by atoms with Gasteiger partial charge >= 0.3 is 0 Å². The summed E-state index contributed by atoms with van der Waals surface area (Å²) in [6.07, 6.45) is 3.28. The molecule has 0 bridgehead atoms. The average Bonchev–Trinajstić information content (AvgIpc) is 2.54. The van der Waals surface area contributed by atoms with Gasteiger partial charge in [0.05, 0.1) is 0 Å². The standard InChI is InChI=1S/C10H18N2O/c1-3-4-10(13)12-6-5-9(8-12)7-11-2/h3,9,11H,1,4-8H2,2H3. The molecule has 1 atom stereocenters. The first-order valence-corrected chi connectivity index (χ1v) is 4.81. The summed E-state index contributed by atoms with van der Waals surface area (Å²) < 4.78 is 0. The largest absolute Gasteiger partial charge is 0.342 e. The van der Waals surface area contributed by atoms with Gasteiger partial charge in [-0.05, 0) is 25.9 Å². The van der Waals surface area contributed by atoms with Crippen molar-refractivity contribution in [2.45, 2.75) is 12.8 Å². The predicted molar refractivity (Wildman–Crippen MR) is 53.4 cm³/mol. The van der Waals surface area contributed by atoms with E-state index in [0.717, 1.165) is 26.1 Å². The highest BCUT2D eigenvalue weighted by Crippen LogP contribution is 2.15. The summed E-state index contributed by atoms with van der Waals surface area (Å²) in [5, 5.41) is 3.14. The van der Waals surface area contributed by atoms with E-state index in [1.54, 1.807) is 6.08 Å². The van der Waals surface area contributed by atoms with Gasteiger partial charge in [0.25, 0.3) is 0 Å². The quantitative estimate of drug-likeness (QED) is 0.647. The predicted octanol–water partition coefficient (Wildman–Crippen LogP) is 0.630. The molecule has 1 heterocycles. The molecular formula is C10H18N2O. The molecule has 1 unspecified atom stereocenters. The van der Waals surface area contributed by atoms with Crippen molar-refractivity contribution in [3.63, 3.8) is 0 Å². The van der Waals surface area contributed by atoms with Crippen molar-refractivity contribution in [2.24, 2.45) is 5.92 Å². The molecule has 3 heteroatoms. The summed E-state index contributed by atoms with van der Waals surface area (Å²) in [6, 6.07) is 0. The van der Waals surface area contributed by atoms with Crippen LogP contribution in [0.25, 0.3) is 0 Å². The van der Waals surface area contributed by atoms with Crippen LogP contribution in [-0.2, 0) is 4.79 Å². The number of nitrogens with zero attached hydrogens (tertiary/aromatic N) is 1. The number of carbonyl (C=O) groups excluding carboxylic acids is 1. The van der Waals surface area contributed by atoms with Crippen LogP contribution in [0, 0.1) is 5.92 Å². The zero-order valence-electron chi connectivity index (χ0n) is 8.25. The topological polar surface area (TPSA) is 32.3 Å². The Kier molecular flexibility index (Phi) is 3.96. The van der Waals surface area contributed by atoms with Crippen LogP contribution < -0.4 is 5.32 Å². The highest BCUT2D eigenvalue weighted by Gasteiger charge is 2.24. The lowest BCUT2D eigenvalue weighted by molar-refractivity contribution is -0.129. The summed E-state index contributed by atoms with van der Waals surface area (Å²) >= 11 is 0. The molecule has 1 saturated heterocycles. The van der Waals surface area contributed by atoms with Crippen molar-refractivity contribution < 1.29 is 4.79 Å². The van der Waals surface area contributed by atoms with Gasteiger partial charge in [0, 0.05) is 19.5 Å². The van der Waals surface area contributed by atoms with Gasteiger partial charge in [0.2, 0.25) is 5.91 Å². The SMILES string of the molecule is C=CCC(=O)N1CCC(CNC)C1. The van der Waals surface area contributed by atoms with Crippen molar-refractivity contribution in [1.82, 2.24) is 10.2 Å². The van der Waals surface area contributed by atoms with E-state index in [4.69, 9.17) is 0 Å². The molecule has 0 aliphatic carbocycles. The number of carbonyl (C=O) groups is 1. The Balaban J connectivity index is 2.31. The van der Waals surface area contributed by atoms with Crippen molar-refractivity contribution in [3.8, 4) is 0 Å². The third-order valence-electron chi connectivity index (χ3n) is 2.45. The van der Waals surface area contributed by atoms with Crippen LogP contribution in [0.4, 0.5) is 0 Å². The van der Waals surface area contributed by atoms with E-state index >= 15 is 0 Å². The molecule has 1 aliphatic rings. The Morgan fingerprint density at radius 3 is 3.15 bits per heavy atom. The van der Waals surface area contributed by atoms with Gasteiger partial charge in [0.15, 0.2) is 0 Å². The van der Waals surface area contributed by atoms with Gasteiger partial charge < -0.3 is 10.2 Å². The normalized spacial score (nSPS) is 21.9. The van der Waals surface area contributed by atoms with Gasteiger partial charge in [-0.3, -0.25) is 4.79 Å². The fourth-order valence-corrected chi connectivity index (χ4v) is 1.77. The van der Waals surface area contributed by atoms with Gasteiger partial charge in [0.1, 0.15) is 0 Å². The second kappa shape index (κ2) is 5.02. The molecule has 0 aromatic carbocycles. The number of rotatable bonds is 4. The Bertz CT molecular complexity index is 191. The summed E-state index contributed by atoms with van der Waals surface area (Å²) in [4.78, 5) is 13.4. The minimum atomic E-state index is 0.216. The molecule has 0 spiro atoms. The van der Waals surface area contributed by atoms with Crippen molar-refractivity contribution in [3.05, 3.63) is 12.7 Å². The minimum Gasteiger partial charge on any atom is -0.342 e. The molecule has 13 heavy (non-hydrogen) atoms. The molecular weight excluding hydrogens is 164 g/mol. The van der Waals surface area contributed by atoms with Gasteiger partial charge in [-0.15, -0.1) is 6.58 Å². The maximum Gasteiger partial charge on any atom is 0.226 e. The third-order valence-corrected chi connectivity index (χ3v) is 2.45. The Morgan fingerprint density at radius 1 is 1.77 bits per heavy atom. The fraction of sp³-hybridized carbons (Fsp3) is 0.700. The molecule has 1 N–H and O–H groups in total. The molecule has 1 amide bonds. The van der Waals surface area contributed by atoms with E-state index in [1.165, 1.54) is 0 Å². The highest BCUT2D eigenvalue weighted by atomic mass is 16.2. The van der Waals surface area contributed by atoms with E-state index in [1.807, 2.05) is 11.9 Å². The smallest absolute Gasteiger partial charge is 0.226 e. The first kappa shape index (κ1) is 10.3. The molecule has 1 rings (SSSR count). The minimum absolute atomic E-state index is 0.216. The number of nitrogens with one attached hydrogen (secondary N) is 1. The van der Waals surface area contributed by atoms with Crippen LogP contribution in [0.2, 0.25) is 0 Å². The lowest BCUT2D eigenvalue weighted by Crippen LogP contribution is -2.29. The van der Waals surface area contributed by atoms with Crippen LogP contribution in [-0.4, -0.2) is 37.5 Å². The van der Waals surface area contributed by atoms with Crippen LogP contribution in [0.5, 0.6) is 0 Å². The zero-order chi connectivity index (χ0) is 9.68. The summed E-state index contributed by atoms with van der Waals surface area (Å²) in [5.41, 5.74) is 0. The first-order valence-electron chi connectivity index (χ1n) is 4.81. The number of hydrogen-bond donors (Lipinski definition) is 1. The van der Waals surface area contributed by atoms with Crippen molar-refractivity contribution in [1.29, 1.82) is 0 Å². The Labute approximate surface area is 79.8 Å². The van der Waals surface area contributed by atoms with E-state index < -0.39 is 0 Å². The lowest BCUT2D eigenvalue weighted by atomic mass is 10.1. The molecule has 0 aromatic heterocycles. The Morgan fingerprint density at radius 2 is 2.54 bits per heavy atom. The monoisotopic (exact) mass is 182 g/mol. The van der Waals surface area contributed by atoms with Gasteiger partial charge in [-0.2, -0.15) is 0 Å². The molecule has 74 valence electrons. The van der Waals surface area contributed by atoms with Crippen LogP contribution in [0.15, 0.2) is 12.7 Å². The number of amides is 1. The van der Waals surface area contributed by atoms with Crippen LogP contribution in [0.3, 0.4) is 0 Å². The lowest BCUT2D eigenvalue weighted by Gasteiger charge is -2.15. The second-order valence-electron chi connectivity index (χ2n) is 3.54. The van der Waals surface area contributed by atoms with Crippen LogP contribution in [0.1, 0.15) is 12.8 Å². The highest BCUT2D eigenvalue weighted by molar-refractivity contribution is 5.77. The van der Waals surface area contributed by atoms with E-state index in [-0.39, 0.29) is 5.91 Å². The average molecular weight is 182 g/mol. The van der Waals surface area contributed by atoms with Crippen molar-refractivity contribution in [2.75, 3.05) is 26.7 Å².